The summed E-state index contributed by atoms with van der Waals surface area (Å²) in [6, 6.07) is 20.2. The van der Waals surface area contributed by atoms with Crippen LogP contribution in [0.1, 0.15) is 18.4 Å². The molecule has 0 radical (unpaired) electrons. The third-order valence-electron chi connectivity index (χ3n) is 4.47. The number of unbranched alkanes of at least 4 members (excludes halogenated alkanes) is 1. The lowest BCUT2D eigenvalue weighted by molar-refractivity contribution is 0.808. The molecule has 1 heteroatoms. The van der Waals surface area contributed by atoms with Crippen LogP contribution in [-0.4, -0.2) is 5.75 Å². The van der Waals surface area contributed by atoms with Crippen molar-refractivity contribution in [2.24, 2.45) is 0 Å². The van der Waals surface area contributed by atoms with Crippen LogP contribution in [0.4, 0.5) is 0 Å². The Hall–Kier alpha value is -1.73. The molecular weight excluding hydrogens is 272 g/mol. The molecule has 0 atom stereocenters. The molecule has 0 unspecified atom stereocenters. The molecule has 0 saturated carbocycles. The van der Waals surface area contributed by atoms with E-state index in [0.29, 0.717) is 0 Å². The Labute approximate surface area is 130 Å². The summed E-state index contributed by atoms with van der Waals surface area (Å²) in [7, 11) is 0. The zero-order valence-corrected chi connectivity index (χ0v) is 12.9. The van der Waals surface area contributed by atoms with E-state index >= 15 is 0 Å². The van der Waals surface area contributed by atoms with Gasteiger partial charge >= 0.3 is 0 Å². The maximum absolute atomic E-state index is 4.32. The molecule has 0 heterocycles. The van der Waals surface area contributed by atoms with E-state index in [0.717, 1.165) is 12.2 Å². The molecule has 4 rings (SSSR count). The molecule has 4 aromatic rings. The molecule has 4 aromatic carbocycles. The lowest BCUT2D eigenvalue weighted by Gasteiger charge is -2.13. The number of rotatable bonds is 4. The number of aryl methyl sites for hydroxylation is 1. The van der Waals surface area contributed by atoms with Gasteiger partial charge in [0.05, 0.1) is 0 Å². The van der Waals surface area contributed by atoms with Crippen molar-refractivity contribution in [3.8, 4) is 0 Å². The van der Waals surface area contributed by atoms with Crippen molar-refractivity contribution in [2.75, 3.05) is 5.75 Å². The summed E-state index contributed by atoms with van der Waals surface area (Å²) in [6.07, 6.45) is 3.55. The molecule has 0 aliphatic heterocycles. The zero-order valence-electron chi connectivity index (χ0n) is 12.0. The van der Waals surface area contributed by atoms with Gasteiger partial charge in [0.25, 0.3) is 0 Å². The van der Waals surface area contributed by atoms with E-state index in [4.69, 9.17) is 0 Å². The molecule has 0 aliphatic carbocycles. The zero-order chi connectivity index (χ0) is 14.2. The largest absolute Gasteiger partial charge is 0.179 e. The summed E-state index contributed by atoms with van der Waals surface area (Å²) in [4.78, 5) is 0. The van der Waals surface area contributed by atoms with Crippen LogP contribution in [0.5, 0.6) is 0 Å². The Balaban J connectivity index is 2.01. The van der Waals surface area contributed by atoms with Crippen molar-refractivity contribution < 1.29 is 0 Å². The van der Waals surface area contributed by atoms with E-state index in [2.05, 4.69) is 67.2 Å². The van der Waals surface area contributed by atoms with Gasteiger partial charge in [0.1, 0.15) is 0 Å². The first-order valence-electron chi connectivity index (χ1n) is 7.65. The van der Waals surface area contributed by atoms with Gasteiger partial charge in [0.15, 0.2) is 0 Å². The highest BCUT2D eigenvalue weighted by Crippen LogP contribution is 2.36. The second-order valence-corrected chi connectivity index (χ2v) is 6.21. The summed E-state index contributed by atoms with van der Waals surface area (Å²) in [5.74, 6) is 0.978. The molecular formula is C20H18S. The maximum Gasteiger partial charge on any atom is -0.00240 e. The molecule has 21 heavy (non-hydrogen) atoms. The van der Waals surface area contributed by atoms with Gasteiger partial charge in [0, 0.05) is 0 Å². The molecule has 0 fully saturated rings. The minimum Gasteiger partial charge on any atom is -0.179 e. The monoisotopic (exact) mass is 290 g/mol. The van der Waals surface area contributed by atoms with Crippen molar-refractivity contribution >= 4 is 44.9 Å². The SMILES string of the molecule is SCCCCc1ccc2ccc3cccc4ccc1c2c34. The van der Waals surface area contributed by atoms with Gasteiger partial charge < -0.3 is 0 Å². The molecule has 0 spiro atoms. The fourth-order valence-corrected chi connectivity index (χ4v) is 3.66. The molecule has 104 valence electrons. The third-order valence-corrected chi connectivity index (χ3v) is 4.79. The summed E-state index contributed by atoms with van der Waals surface area (Å²) >= 11 is 4.32. The van der Waals surface area contributed by atoms with Crippen LogP contribution in [0.2, 0.25) is 0 Å². The Morgan fingerprint density at radius 3 is 2.10 bits per heavy atom. The second-order valence-electron chi connectivity index (χ2n) is 5.76. The third kappa shape index (κ3) is 2.08. The normalized spacial score (nSPS) is 11.9. The first-order chi connectivity index (χ1) is 10.4. The predicted molar refractivity (Wildman–Crippen MR) is 96.9 cm³/mol. The Morgan fingerprint density at radius 1 is 0.667 bits per heavy atom. The number of hydrogen-bond donors (Lipinski definition) is 1. The fraction of sp³-hybridized carbons (Fsp3) is 0.200. The van der Waals surface area contributed by atoms with Crippen molar-refractivity contribution in [1.29, 1.82) is 0 Å². The number of hydrogen-bond acceptors (Lipinski definition) is 1. The quantitative estimate of drug-likeness (QED) is 0.272. The summed E-state index contributed by atoms with van der Waals surface area (Å²) in [5.41, 5.74) is 1.47. The molecule has 0 nitrogen and oxygen atoms in total. The van der Waals surface area contributed by atoms with E-state index in [-0.39, 0.29) is 0 Å². The number of benzene rings is 4. The molecule has 0 saturated heterocycles. The standard InChI is InChI=1S/C20H18S/c21-13-2-1-4-14-7-8-17-10-9-15-5-3-6-16-11-12-18(14)20(17)19(15)16/h3,5-12,21H,1-2,4,13H2. The van der Waals surface area contributed by atoms with Crippen molar-refractivity contribution in [2.45, 2.75) is 19.3 Å². The van der Waals surface area contributed by atoms with E-state index in [1.54, 1.807) is 0 Å². The average molecular weight is 290 g/mol. The van der Waals surface area contributed by atoms with E-state index in [1.807, 2.05) is 0 Å². The van der Waals surface area contributed by atoms with E-state index in [9.17, 15) is 0 Å². The predicted octanol–water partition coefficient (Wildman–Crippen LogP) is 5.84. The molecule has 0 amide bonds. The minimum atomic E-state index is 0.978. The van der Waals surface area contributed by atoms with Crippen molar-refractivity contribution in [1.82, 2.24) is 0 Å². The van der Waals surface area contributed by atoms with Crippen LogP contribution >= 0.6 is 12.6 Å². The van der Waals surface area contributed by atoms with Crippen LogP contribution in [-0.2, 0) is 6.42 Å². The van der Waals surface area contributed by atoms with Crippen LogP contribution in [0, 0.1) is 0 Å². The number of thiol groups is 1. The van der Waals surface area contributed by atoms with Gasteiger partial charge in [-0.3, -0.25) is 0 Å². The minimum absolute atomic E-state index is 0.978. The first kappa shape index (κ1) is 13.0. The van der Waals surface area contributed by atoms with E-state index in [1.165, 1.54) is 50.7 Å². The Kier molecular flexibility index (Phi) is 3.23. The van der Waals surface area contributed by atoms with Gasteiger partial charge in [-0.2, -0.15) is 12.6 Å². The second kappa shape index (κ2) is 5.23. The Bertz CT molecular complexity index is 892. The smallest absolute Gasteiger partial charge is 0.00240 e. The van der Waals surface area contributed by atoms with Gasteiger partial charge in [-0.15, -0.1) is 0 Å². The highest BCUT2D eigenvalue weighted by Gasteiger charge is 2.10. The molecule has 0 aliphatic rings. The van der Waals surface area contributed by atoms with Gasteiger partial charge in [-0.25, -0.2) is 0 Å². The lowest BCUT2D eigenvalue weighted by Crippen LogP contribution is -1.91. The highest BCUT2D eigenvalue weighted by atomic mass is 32.1. The molecule has 0 bridgehead atoms. The van der Waals surface area contributed by atoms with Crippen LogP contribution in [0.25, 0.3) is 32.3 Å². The van der Waals surface area contributed by atoms with Crippen molar-refractivity contribution in [3.05, 3.63) is 60.2 Å². The van der Waals surface area contributed by atoms with Crippen LogP contribution in [0.3, 0.4) is 0 Å². The summed E-state index contributed by atoms with van der Waals surface area (Å²) < 4.78 is 0. The summed E-state index contributed by atoms with van der Waals surface area (Å²) in [6.45, 7) is 0. The first-order valence-corrected chi connectivity index (χ1v) is 8.28. The summed E-state index contributed by atoms with van der Waals surface area (Å²) in [5, 5.41) is 8.33. The van der Waals surface area contributed by atoms with Gasteiger partial charge in [0.2, 0.25) is 0 Å². The average Bonchev–Trinajstić information content (AvgIpc) is 2.54. The van der Waals surface area contributed by atoms with Crippen molar-refractivity contribution in [3.63, 3.8) is 0 Å². The van der Waals surface area contributed by atoms with Gasteiger partial charge in [-0.05, 0) is 62.9 Å². The molecule has 0 N–H and O–H groups in total. The lowest BCUT2D eigenvalue weighted by atomic mass is 9.91. The fourth-order valence-electron chi connectivity index (χ4n) is 3.44. The van der Waals surface area contributed by atoms with Gasteiger partial charge in [-0.1, -0.05) is 54.6 Å². The van der Waals surface area contributed by atoms with Crippen LogP contribution in [0.15, 0.2) is 54.6 Å². The van der Waals surface area contributed by atoms with E-state index < -0.39 is 0 Å². The topological polar surface area (TPSA) is 0 Å². The molecule has 0 aromatic heterocycles. The highest BCUT2D eigenvalue weighted by molar-refractivity contribution is 7.80. The maximum atomic E-state index is 4.32. The van der Waals surface area contributed by atoms with Crippen LogP contribution < -0.4 is 0 Å². The Morgan fingerprint density at radius 2 is 1.33 bits per heavy atom.